The van der Waals surface area contributed by atoms with Crippen molar-refractivity contribution >= 4 is 21.6 Å². The monoisotopic (exact) mass is 452 g/mol. The second kappa shape index (κ2) is 8.88. The zero-order valence-electron chi connectivity index (χ0n) is 18.6. The van der Waals surface area contributed by atoms with Gasteiger partial charge < -0.3 is 5.32 Å². The molecule has 168 valence electrons. The largest absolute Gasteiger partial charge is 0.322 e. The van der Waals surface area contributed by atoms with Gasteiger partial charge in [-0.1, -0.05) is 19.1 Å². The van der Waals surface area contributed by atoms with Crippen LogP contribution in [0.15, 0.2) is 59.6 Å². The van der Waals surface area contributed by atoms with Gasteiger partial charge in [0, 0.05) is 18.8 Å². The van der Waals surface area contributed by atoms with Crippen LogP contribution in [0, 0.1) is 19.8 Å². The van der Waals surface area contributed by atoms with E-state index < -0.39 is 10.0 Å². The minimum absolute atomic E-state index is 0.244. The SMILES string of the molecule is Cc1cccc(-n2ncc(C(=O)Nc3ccc(S(=O)(=O)N4CCCC(C)C4)cc3)c2C)c1. The number of nitrogens with zero attached hydrogens (tertiary/aromatic N) is 3. The molecule has 0 radical (unpaired) electrons. The molecule has 0 saturated carbocycles. The lowest BCUT2D eigenvalue weighted by molar-refractivity contribution is 0.102. The molecule has 1 aromatic heterocycles. The Kier molecular flexibility index (Phi) is 6.17. The molecule has 1 unspecified atom stereocenters. The summed E-state index contributed by atoms with van der Waals surface area (Å²) >= 11 is 0. The van der Waals surface area contributed by atoms with Gasteiger partial charge in [-0.25, -0.2) is 13.1 Å². The van der Waals surface area contributed by atoms with E-state index in [1.165, 1.54) is 0 Å². The smallest absolute Gasteiger partial charge is 0.259 e. The Morgan fingerprint density at radius 1 is 1.12 bits per heavy atom. The predicted octanol–water partition coefficient (Wildman–Crippen LogP) is 4.16. The van der Waals surface area contributed by atoms with Crippen LogP contribution in [0.1, 0.15) is 41.4 Å². The summed E-state index contributed by atoms with van der Waals surface area (Å²) in [5.74, 6) is 0.0721. The van der Waals surface area contributed by atoms with Gasteiger partial charge in [-0.15, -0.1) is 0 Å². The maximum absolute atomic E-state index is 12.9. The zero-order chi connectivity index (χ0) is 22.9. The summed E-state index contributed by atoms with van der Waals surface area (Å²) < 4.78 is 29.1. The van der Waals surface area contributed by atoms with Crippen molar-refractivity contribution < 1.29 is 13.2 Å². The summed E-state index contributed by atoms with van der Waals surface area (Å²) in [6.07, 6.45) is 3.48. The molecule has 1 amide bonds. The van der Waals surface area contributed by atoms with Crippen LogP contribution < -0.4 is 5.32 Å². The van der Waals surface area contributed by atoms with Crippen LogP contribution in [-0.2, 0) is 10.0 Å². The summed E-state index contributed by atoms with van der Waals surface area (Å²) in [7, 11) is -3.52. The number of carbonyl (C=O) groups is 1. The first-order chi connectivity index (χ1) is 15.3. The van der Waals surface area contributed by atoms with E-state index in [2.05, 4.69) is 17.3 Å². The minimum Gasteiger partial charge on any atom is -0.322 e. The highest BCUT2D eigenvalue weighted by Crippen LogP contribution is 2.25. The lowest BCUT2D eigenvalue weighted by atomic mass is 10.0. The third-order valence-corrected chi connectivity index (χ3v) is 7.75. The molecule has 0 bridgehead atoms. The fraction of sp³-hybridized carbons (Fsp3) is 0.333. The van der Waals surface area contributed by atoms with Crippen LogP contribution in [0.5, 0.6) is 0 Å². The summed E-state index contributed by atoms with van der Waals surface area (Å²) in [6.45, 7) is 7.02. The van der Waals surface area contributed by atoms with Crippen LogP contribution in [0.25, 0.3) is 5.69 Å². The number of aromatic nitrogens is 2. The molecule has 8 heteroatoms. The zero-order valence-corrected chi connectivity index (χ0v) is 19.4. The number of anilines is 1. The quantitative estimate of drug-likeness (QED) is 0.630. The molecule has 1 N–H and O–H groups in total. The van der Waals surface area contributed by atoms with Crippen LogP contribution in [0.2, 0.25) is 0 Å². The molecule has 1 aliphatic rings. The van der Waals surface area contributed by atoms with Crippen molar-refractivity contribution in [2.45, 2.75) is 38.5 Å². The minimum atomic E-state index is -3.52. The number of hydrogen-bond donors (Lipinski definition) is 1. The first kappa shape index (κ1) is 22.2. The van der Waals surface area contributed by atoms with E-state index in [1.807, 2.05) is 38.1 Å². The topological polar surface area (TPSA) is 84.3 Å². The number of sulfonamides is 1. The molecular formula is C24H28N4O3S. The van der Waals surface area contributed by atoms with E-state index in [4.69, 9.17) is 0 Å². The number of carbonyl (C=O) groups excluding carboxylic acids is 1. The van der Waals surface area contributed by atoms with Crippen LogP contribution in [-0.4, -0.2) is 41.5 Å². The van der Waals surface area contributed by atoms with Crippen molar-refractivity contribution in [3.63, 3.8) is 0 Å². The lowest BCUT2D eigenvalue weighted by Crippen LogP contribution is -2.39. The van der Waals surface area contributed by atoms with Crippen molar-refractivity contribution in [3.05, 3.63) is 71.5 Å². The lowest BCUT2D eigenvalue weighted by Gasteiger charge is -2.30. The van der Waals surface area contributed by atoms with Crippen molar-refractivity contribution in [1.82, 2.24) is 14.1 Å². The van der Waals surface area contributed by atoms with E-state index in [1.54, 1.807) is 39.4 Å². The molecule has 0 aliphatic carbocycles. The van der Waals surface area contributed by atoms with Crippen LogP contribution in [0.3, 0.4) is 0 Å². The van der Waals surface area contributed by atoms with Gasteiger partial charge in [0.05, 0.1) is 28.0 Å². The highest BCUT2D eigenvalue weighted by atomic mass is 32.2. The number of hydrogen-bond acceptors (Lipinski definition) is 4. The third-order valence-electron chi connectivity index (χ3n) is 5.87. The first-order valence-corrected chi connectivity index (χ1v) is 12.2. The van der Waals surface area contributed by atoms with Gasteiger partial charge in [0.15, 0.2) is 0 Å². The Bertz CT molecular complexity index is 1230. The molecule has 1 saturated heterocycles. The summed E-state index contributed by atoms with van der Waals surface area (Å²) in [4.78, 5) is 13.1. The van der Waals surface area contributed by atoms with Crippen molar-refractivity contribution in [3.8, 4) is 5.69 Å². The number of nitrogens with one attached hydrogen (secondary N) is 1. The Balaban J connectivity index is 1.49. The molecule has 4 rings (SSSR count). The maximum atomic E-state index is 12.9. The van der Waals surface area contributed by atoms with Gasteiger partial charge in [0.25, 0.3) is 5.91 Å². The molecule has 0 spiro atoms. The van der Waals surface area contributed by atoms with E-state index in [0.717, 1.165) is 29.8 Å². The van der Waals surface area contributed by atoms with Crippen molar-refractivity contribution in [1.29, 1.82) is 0 Å². The van der Waals surface area contributed by atoms with Crippen molar-refractivity contribution in [2.75, 3.05) is 18.4 Å². The predicted molar refractivity (Wildman–Crippen MR) is 125 cm³/mol. The average molecular weight is 453 g/mol. The Morgan fingerprint density at radius 3 is 2.56 bits per heavy atom. The number of piperidine rings is 1. The number of amides is 1. The molecule has 3 aromatic rings. The van der Waals surface area contributed by atoms with Gasteiger partial charge >= 0.3 is 0 Å². The Hall–Kier alpha value is -2.97. The Labute approximate surface area is 189 Å². The highest BCUT2D eigenvalue weighted by Gasteiger charge is 2.28. The first-order valence-electron chi connectivity index (χ1n) is 10.8. The molecular weight excluding hydrogens is 424 g/mol. The van der Waals surface area contributed by atoms with Gasteiger partial charge in [-0.2, -0.15) is 9.40 Å². The molecule has 32 heavy (non-hydrogen) atoms. The maximum Gasteiger partial charge on any atom is 0.259 e. The summed E-state index contributed by atoms with van der Waals surface area (Å²) in [5, 5.41) is 7.20. The Morgan fingerprint density at radius 2 is 1.88 bits per heavy atom. The van der Waals surface area contributed by atoms with Gasteiger partial charge in [-0.3, -0.25) is 4.79 Å². The summed E-state index contributed by atoms with van der Waals surface area (Å²) in [6, 6.07) is 14.2. The fourth-order valence-corrected chi connectivity index (χ4v) is 5.67. The summed E-state index contributed by atoms with van der Waals surface area (Å²) in [5.41, 5.74) is 3.72. The molecule has 1 aliphatic heterocycles. The fourth-order valence-electron chi connectivity index (χ4n) is 4.07. The average Bonchev–Trinajstić information content (AvgIpc) is 3.15. The molecule has 2 aromatic carbocycles. The number of aryl methyl sites for hydroxylation is 1. The molecule has 1 atom stereocenters. The second-order valence-electron chi connectivity index (χ2n) is 8.48. The van der Waals surface area contributed by atoms with E-state index in [0.29, 0.717) is 30.3 Å². The number of rotatable bonds is 5. The molecule has 1 fully saturated rings. The van der Waals surface area contributed by atoms with E-state index in [9.17, 15) is 13.2 Å². The number of benzene rings is 2. The highest BCUT2D eigenvalue weighted by molar-refractivity contribution is 7.89. The van der Waals surface area contributed by atoms with Crippen LogP contribution in [0.4, 0.5) is 5.69 Å². The normalized spacial score (nSPS) is 17.3. The van der Waals surface area contributed by atoms with Gasteiger partial charge in [0.2, 0.25) is 10.0 Å². The standard InChI is InChI=1S/C24H28N4O3S/c1-17-6-4-8-21(14-17)28-19(3)23(15-25-28)24(29)26-20-9-11-22(12-10-20)32(30,31)27-13-5-7-18(2)16-27/h4,6,8-12,14-15,18H,5,7,13,16H2,1-3H3,(H,26,29). The van der Waals surface area contributed by atoms with Gasteiger partial charge in [0.1, 0.15) is 0 Å². The van der Waals surface area contributed by atoms with Gasteiger partial charge in [-0.05, 0) is 74.6 Å². The van der Waals surface area contributed by atoms with E-state index in [-0.39, 0.29) is 10.8 Å². The third kappa shape index (κ3) is 4.47. The second-order valence-corrected chi connectivity index (χ2v) is 10.4. The molecule has 2 heterocycles. The van der Waals surface area contributed by atoms with Crippen molar-refractivity contribution in [2.24, 2.45) is 5.92 Å². The van der Waals surface area contributed by atoms with Crippen LogP contribution >= 0.6 is 0 Å². The molecule has 7 nitrogen and oxygen atoms in total. The van der Waals surface area contributed by atoms with E-state index >= 15 is 0 Å².